The second-order valence-corrected chi connectivity index (χ2v) is 3.84. The summed E-state index contributed by atoms with van der Waals surface area (Å²) in [5.74, 6) is -1.05. The average molecular weight is 211 g/mol. The first-order valence-corrected chi connectivity index (χ1v) is 5.28. The standard InChI is InChI=1S/C11H14FNO2/c12-11-9(14)6-7-10(13-11)15-8-4-2-1-3-5-8/h6-8,14H,1-5H2. The van der Waals surface area contributed by atoms with Crippen LogP contribution in [0.2, 0.25) is 0 Å². The van der Waals surface area contributed by atoms with Crippen LogP contribution in [0.1, 0.15) is 32.1 Å². The van der Waals surface area contributed by atoms with Crippen LogP contribution in [0.15, 0.2) is 12.1 Å². The fourth-order valence-corrected chi connectivity index (χ4v) is 1.83. The molecular weight excluding hydrogens is 197 g/mol. The Balaban J connectivity index is 2.00. The summed E-state index contributed by atoms with van der Waals surface area (Å²) in [4.78, 5) is 3.53. The summed E-state index contributed by atoms with van der Waals surface area (Å²) < 4.78 is 18.4. The minimum absolute atomic E-state index is 0.148. The number of hydrogen-bond acceptors (Lipinski definition) is 3. The van der Waals surface area contributed by atoms with E-state index < -0.39 is 11.7 Å². The van der Waals surface area contributed by atoms with Gasteiger partial charge in [-0.25, -0.2) is 0 Å². The molecule has 1 aromatic heterocycles. The molecule has 0 spiro atoms. The van der Waals surface area contributed by atoms with Crippen LogP contribution in [0, 0.1) is 5.95 Å². The predicted octanol–water partition coefficient (Wildman–Crippen LogP) is 2.64. The van der Waals surface area contributed by atoms with Gasteiger partial charge in [-0.1, -0.05) is 6.42 Å². The molecule has 15 heavy (non-hydrogen) atoms. The Morgan fingerprint density at radius 1 is 1.27 bits per heavy atom. The van der Waals surface area contributed by atoms with Crippen LogP contribution < -0.4 is 4.74 Å². The van der Waals surface area contributed by atoms with E-state index in [9.17, 15) is 4.39 Å². The van der Waals surface area contributed by atoms with Gasteiger partial charge in [-0.3, -0.25) is 0 Å². The van der Waals surface area contributed by atoms with Crippen LogP contribution in [-0.4, -0.2) is 16.2 Å². The molecule has 0 amide bonds. The molecular formula is C11H14FNO2. The van der Waals surface area contributed by atoms with Crippen molar-refractivity contribution in [2.75, 3.05) is 0 Å². The van der Waals surface area contributed by atoms with Gasteiger partial charge in [0.25, 0.3) is 5.95 Å². The normalized spacial score (nSPS) is 17.7. The first kappa shape index (κ1) is 10.2. The van der Waals surface area contributed by atoms with Gasteiger partial charge in [-0.15, -0.1) is 0 Å². The smallest absolute Gasteiger partial charge is 0.258 e. The highest BCUT2D eigenvalue weighted by atomic mass is 19.1. The predicted molar refractivity (Wildman–Crippen MR) is 53.4 cm³/mol. The molecule has 0 unspecified atom stereocenters. The summed E-state index contributed by atoms with van der Waals surface area (Å²) in [6.07, 6.45) is 5.72. The number of hydrogen-bond donors (Lipinski definition) is 1. The Hall–Kier alpha value is -1.32. The van der Waals surface area contributed by atoms with Gasteiger partial charge in [0.1, 0.15) is 6.10 Å². The number of pyridine rings is 1. The Labute approximate surface area is 87.9 Å². The number of aromatic hydroxyl groups is 1. The van der Waals surface area contributed by atoms with Gasteiger partial charge in [-0.05, 0) is 31.7 Å². The zero-order chi connectivity index (χ0) is 10.7. The molecule has 1 heterocycles. The largest absolute Gasteiger partial charge is 0.504 e. The van der Waals surface area contributed by atoms with Crippen LogP contribution in [0.5, 0.6) is 11.6 Å². The molecule has 1 aliphatic rings. The summed E-state index contributed by atoms with van der Waals surface area (Å²) in [5.41, 5.74) is 0. The molecule has 1 saturated carbocycles. The lowest BCUT2D eigenvalue weighted by Crippen LogP contribution is -2.20. The summed E-state index contributed by atoms with van der Waals surface area (Å²) in [7, 11) is 0. The van der Waals surface area contributed by atoms with E-state index in [0.717, 1.165) is 25.7 Å². The maximum absolute atomic E-state index is 12.9. The zero-order valence-electron chi connectivity index (χ0n) is 8.45. The Morgan fingerprint density at radius 3 is 2.67 bits per heavy atom. The molecule has 1 aliphatic carbocycles. The quantitative estimate of drug-likeness (QED) is 0.764. The van der Waals surface area contributed by atoms with Crippen molar-refractivity contribution in [1.29, 1.82) is 0 Å². The molecule has 0 bridgehead atoms. The molecule has 0 atom stereocenters. The third-order valence-electron chi connectivity index (χ3n) is 2.64. The molecule has 2 rings (SSSR count). The minimum Gasteiger partial charge on any atom is -0.504 e. The van der Waals surface area contributed by atoms with E-state index in [0.29, 0.717) is 0 Å². The maximum Gasteiger partial charge on any atom is 0.258 e. The van der Waals surface area contributed by atoms with Crippen LogP contribution in [-0.2, 0) is 0 Å². The minimum atomic E-state index is -0.872. The van der Waals surface area contributed by atoms with Crippen molar-refractivity contribution in [2.24, 2.45) is 0 Å². The van der Waals surface area contributed by atoms with Gasteiger partial charge in [0.2, 0.25) is 5.88 Å². The van der Waals surface area contributed by atoms with E-state index in [-0.39, 0.29) is 12.0 Å². The van der Waals surface area contributed by atoms with Gasteiger partial charge >= 0.3 is 0 Å². The highest BCUT2D eigenvalue weighted by Gasteiger charge is 2.16. The van der Waals surface area contributed by atoms with Crippen molar-refractivity contribution in [3.63, 3.8) is 0 Å². The lowest BCUT2D eigenvalue weighted by Gasteiger charge is -2.22. The highest BCUT2D eigenvalue weighted by molar-refractivity contribution is 5.23. The molecule has 0 aliphatic heterocycles. The lowest BCUT2D eigenvalue weighted by molar-refractivity contribution is 0.146. The molecule has 0 saturated heterocycles. The van der Waals surface area contributed by atoms with Gasteiger partial charge in [0.15, 0.2) is 5.75 Å². The number of rotatable bonds is 2. The zero-order valence-corrected chi connectivity index (χ0v) is 8.45. The van der Waals surface area contributed by atoms with Crippen molar-refractivity contribution in [1.82, 2.24) is 4.98 Å². The fourth-order valence-electron chi connectivity index (χ4n) is 1.83. The third kappa shape index (κ3) is 2.58. The second-order valence-electron chi connectivity index (χ2n) is 3.84. The molecule has 1 N–H and O–H groups in total. The van der Waals surface area contributed by atoms with Crippen molar-refractivity contribution >= 4 is 0 Å². The Morgan fingerprint density at radius 2 is 2.00 bits per heavy atom. The van der Waals surface area contributed by atoms with Crippen molar-refractivity contribution in [3.8, 4) is 11.6 Å². The van der Waals surface area contributed by atoms with E-state index in [1.807, 2.05) is 0 Å². The monoisotopic (exact) mass is 211 g/mol. The van der Waals surface area contributed by atoms with Crippen molar-refractivity contribution in [2.45, 2.75) is 38.2 Å². The Bertz CT molecular complexity index is 337. The van der Waals surface area contributed by atoms with Gasteiger partial charge in [-0.2, -0.15) is 9.37 Å². The van der Waals surface area contributed by atoms with E-state index >= 15 is 0 Å². The van der Waals surface area contributed by atoms with Gasteiger partial charge in [0, 0.05) is 6.07 Å². The summed E-state index contributed by atoms with van der Waals surface area (Å²) in [6, 6.07) is 2.76. The molecule has 1 aromatic rings. The van der Waals surface area contributed by atoms with Crippen LogP contribution in [0.3, 0.4) is 0 Å². The van der Waals surface area contributed by atoms with E-state index in [1.54, 1.807) is 0 Å². The van der Waals surface area contributed by atoms with Gasteiger partial charge < -0.3 is 9.84 Å². The molecule has 82 valence electrons. The third-order valence-corrected chi connectivity index (χ3v) is 2.64. The number of halogens is 1. The summed E-state index contributed by atoms with van der Waals surface area (Å²) in [5, 5.41) is 8.96. The topological polar surface area (TPSA) is 42.4 Å². The Kier molecular flexibility index (Phi) is 3.04. The van der Waals surface area contributed by atoms with E-state index in [1.165, 1.54) is 18.6 Å². The molecule has 0 aromatic carbocycles. The molecule has 3 nitrogen and oxygen atoms in total. The first-order chi connectivity index (χ1) is 7.25. The SMILES string of the molecule is Oc1ccc(OC2CCCCC2)nc1F. The fraction of sp³-hybridized carbons (Fsp3) is 0.545. The lowest BCUT2D eigenvalue weighted by atomic mass is 9.98. The van der Waals surface area contributed by atoms with Crippen LogP contribution in [0.25, 0.3) is 0 Å². The second kappa shape index (κ2) is 4.47. The van der Waals surface area contributed by atoms with Gasteiger partial charge in [0.05, 0.1) is 0 Å². The maximum atomic E-state index is 12.9. The summed E-state index contributed by atoms with van der Waals surface area (Å²) >= 11 is 0. The number of nitrogens with zero attached hydrogens (tertiary/aromatic N) is 1. The molecule has 4 heteroatoms. The first-order valence-electron chi connectivity index (χ1n) is 5.28. The highest BCUT2D eigenvalue weighted by Crippen LogP contribution is 2.23. The average Bonchev–Trinajstić information content (AvgIpc) is 2.25. The number of ether oxygens (including phenoxy) is 1. The molecule has 1 fully saturated rings. The van der Waals surface area contributed by atoms with E-state index in [2.05, 4.69) is 4.98 Å². The van der Waals surface area contributed by atoms with Crippen LogP contribution in [0.4, 0.5) is 4.39 Å². The van der Waals surface area contributed by atoms with E-state index in [4.69, 9.17) is 9.84 Å². The summed E-state index contributed by atoms with van der Waals surface area (Å²) in [6.45, 7) is 0. The van der Waals surface area contributed by atoms with Crippen molar-refractivity contribution < 1.29 is 14.2 Å². The molecule has 0 radical (unpaired) electrons. The van der Waals surface area contributed by atoms with Crippen LogP contribution >= 0.6 is 0 Å². The van der Waals surface area contributed by atoms with Crippen molar-refractivity contribution in [3.05, 3.63) is 18.1 Å². The number of aromatic nitrogens is 1.